The Balaban J connectivity index is 2.25. The van der Waals surface area contributed by atoms with Gasteiger partial charge < -0.3 is 10.2 Å². The molecule has 1 heterocycles. The van der Waals surface area contributed by atoms with Crippen molar-refractivity contribution in [1.29, 1.82) is 0 Å². The van der Waals surface area contributed by atoms with Crippen LogP contribution in [0.15, 0.2) is 0 Å². The van der Waals surface area contributed by atoms with Crippen LogP contribution in [-0.4, -0.2) is 37.1 Å². The van der Waals surface area contributed by atoms with E-state index < -0.39 is 0 Å². The Bertz CT molecular complexity index is 177. The number of hydrogen-bond donors (Lipinski definition) is 1. The van der Waals surface area contributed by atoms with Gasteiger partial charge in [0.2, 0.25) is 0 Å². The quantitative estimate of drug-likeness (QED) is 0.753. The van der Waals surface area contributed by atoms with Crippen molar-refractivity contribution in [1.82, 2.24) is 10.2 Å². The molecule has 0 bridgehead atoms. The molecule has 2 heteroatoms. The molecule has 0 spiro atoms. The average Bonchev–Trinajstić information content (AvgIpc) is 2.13. The Morgan fingerprint density at radius 3 is 2.73 bits per heavy atom. The molecule has 0 saturated carbocycles. The molecule has 90 valence electrons. The van der Waals surface area contributed by atoms with Crippen LogP contribution in [0, 0.1) is 5.41 Å². The van der Waals surface area contributed by atoms with Crippen LogP contribution < -0.4 is 5.32 Å². The van der Waals surface area contributed by atoms with Gasteiger partial charge >= 0.3 is 0 Å². The van der Waals surface area contributed by atoms with Gasteiger partial charge in [-0.3, -0.25) is 0 Å². The molecule has 1 atom stereocenters. The Morgan fingerprint density at radius 2 is 2.13 bits per heavy atom. The van der Waals surface area contributed by atoms with E-state index in [4.69, 9.17) is 0 Å². The van der Waals surface area contributed by atoms with Crippen molar-refractivity contribution in [2.45, 2.75) is 53.0 Å². The summed E-state index contributed by atoms with van der Waals surface area (Å²) in [6, 6.07) is 0.638. The van der Waals surface area contributed by atoms with Gasteiger partial charge in [0.25, 0.3) is 0 Å². The first-order valence-corrected chi connectivity index (χ1v) is 6.49. The molecular weight excluding hydrogens is 184 g/mol. The minimum absolute atomic E-state index is 0.530. The highest BCUT2D eigenvalue weighted by molar-refractivity contribution is 4.81. The number of hydrogen-bond acceptors (Lipinski definition) is 2. The van der Waals surface area contributed by atoms with E-state index in [-0.39, 0.29) is 0 Å². The standard InChI is InChI=1S/C13H28N2/c1-5-8-14-12(2)10-15-9-6-7-13(3,4)11-15/h12,14H,5-11H2,1-4H3. The van der Waals surface area contributed by atoms with Crippen LogP contribution in [0.25, 0.3) is 0 Å². The Hall–Kier alpha value is -0.0800. The van der Waals surface area contributed by atoms with E-state index in [0.29, 0.717) is 11.5 Å². The third-order valence-electron chi connectivity index (χ3n) is 3.25. The Kier molecular flexibility index (Phi) is 5.07. The third kappa shape index (κ3) is 4.98. The highest BCUT2D eigenvalue weighted by Crippen LogP contribution is 2.28. The maximum absolute atomic E-state index is 3.57. The largest absolute Gasteiger partial charge is 0.313 e. The zero-order valence-corrected chi connectivity index (χ0v) is 11.0. The van der Waals surface area contributed by atoms with Crippen molar-refractivity contribution in [2.24, 2.45) is 5.41 Å². The number of piperidine rings is 1. The van der Waals surface area contributed by atoms with E-state index in [9.17, 15) is 0 Å². The number of nitrogens with one attached hydrogen (secondary N) is 1. The predicted octanol–water partition coefficient (Wildman–Crippen LogP) is 2.50. The number of nitrogens with zero attached hydrogens (tertiary/aromatic N) is 1. The molecule has 0 amide bonds. The monoisotopic (exact) mass is 212 g/mol. The zero-order chi connectivity index (χ0) is 11.3. The summed E-state index contributed by atoms with van der Waals surface area (Å²) in [7, 11) is 0. The van der Waals surface area contributed by atoms with Crippen molar-refractivity contribution in [3.8, 4) is 0 Å². The summed E-state index contributed by atoms with van der Waals surface area (Å²) in [6.07, 6.45) is 3.99. The molecule has 1 N–H and O–H groups in total. The minimum atomic E-state index is 0.530. The van der Waals surface area contributed by atoms with Gasteiger partial charge in [-0.2, -0.15) is 0 Å². The molecule has 1 unspecified atom stereocenters. The lowest BCUT2D eigenvalue weighted by Gasteiger charge is -2.39. The summed E-state index contributed by atoms with van der Waals surface area (Å²) in [5, 5.41) is 3.57. The summed E-state index contributed by atoms with van der Waals surface area (Å²) in [6.45, 7) is 14.2. The fourth-order valence-corrected chi connectivity index (χ4v) is 2.54. The predicted molar refractivity (Wildman–Crippen MR) is 67.2 cm³/mol. The molecule has 1 saturated heterocycles. The van der Waals surface area contributed by atoms with E-state index in [1.165, 1.54) is 38.9 Å². The fourth-order valence-electron chi connectivity index (χ4n) is 2.54. The summed E-state index contributed by atoms with van der Waals surface area (Å²) in [4.78, 5) is 2.62. The molecule has 0 aromatic rings. The summed E-state index contributed by atoms with van der Waals surface area (Å²) >= 11 is 0. The first-order valence-electron chi connectivity index (χ1n) is 6.49. The molecule has 0 aromatic carbocycles. The van der Waals surface area contributed by atoms with Crippen LogP contribution in [0.4, 0.5) is 0 Å². The van der Waals surface area contributed by atoms with Crippen molar-refractivity contribution >= 4 is 0 Å². The van der Waals surface area contributed by atoms with Gasteiger partial charge in [-0.1, -0.05) is 20.8 Å². The number of rotatable bonds is 5. The van der Waals surface area contributed by atoms with Gasteiger partial charge in [0, 0.05) is 19.1 Å². The van der Waals surface area contributed by atoms with E-state index in [1.54, 1.807) is 0 Å². The van der Waals surface area contributed by atoms with Crippen molar-refractivity contribution in [2.75, 3.05) is 26.2 Å². The molecule has 1 aliphatic rings. The van der Waals surface area contributed by atoms with Gasteiger partial charge in [-0.15, -0.1) is 0 Å². The molecule has 1 aliphatic heterocycles. The molecule has 1 fully saturated rings. The second kappa shape index (κ2) is 5.86. The smallest absolute Gasteiger partial charge is 0.0166 e. The number of likely N-dealkylation sites (tertiary alicyclic amines) is 1. The summed E-state index contributed by atoms with van der Waals surface area (Å²) in [5.41, 5.74) is 0.530. The van der Waals surface area contributed by atoms with E-state index >= 15 is 0 Å². The second-order valence-electron chi connectivity index (χ2n) is 5.86. The van der Waals surface area contributed by atoms with Crippen LogP contribution >= 0.6 is 0 Å². The van der Waals surface area contributed by atoms with Crippen LogP contribution in [0.2, 0.25) is 0 Å². The normalized spacial score (nSPS) is 24.0. The van der Waals surface area contributed by atoms with Crippen LogP contribution in [0.5, 0.6) is 0 Å². The van der Waals surface area contributed by atoms with Gasteiger partial charge in [0.15, 0.2) is 0 Å². The van der Waals surface area contributed by atoms with Gasteiger partial charge in [0.05, 0.1) is 0 Å². The van der Waals surface area contributed by atoms with Crippen LogP contribution in [0.3, 0.4) is 0 Å². The second-order valence-corrected chi connectivity index (χ2v) is 5.86. The summed E-state index contributed by atoms with van der Waals surface area (Å²) < 4.78 is 0. The fraction of sp³-hybridized carbons (Fsp3) is 1.00. The highest BCUT2D eigenvalue weighted by atomic mass is 15.2. The Morgan fingerprint density at radius 1 is 1.40 bits per heavy atom. The molecule has 15 heavy (non-hydrogen) atoms. The molecule has 2 nitrogen and oxygen atoms in total. The molecule has 0 radical (unpaired) electrons. The molecule has 0 aromatic heterocycles. The summed E-state index contributed by atoms with van der Waals surface area (Å²) in [5.74, 6) is 0. The lowest BCUT2D eigenvalue weighted by molar-refractivity contribution is 0.109. The van der Waals surface area contributed by atoms with Crippen molar-refractivity contribution < 1.29 is 0 Å². The SMILES string of the molecule is CCCNC(C)CN1CCCC(C)(C)C1. The van der Waals surface area contributed by atoms with E-state index in [2.05, 4.69) is 37.9 Å². The van der Waals surface area contributed by atoms with Gasteiger partial charge in [-0.05, 0) is 44.7 Å². The molecule has 0 aliphatic carbocycles. The third-order valence-corrected chi connectivity index (χ3v) is 3.25. The lowest BCUT2D eigenvalue weighted by Crippen LogP contribution is -2.46. The highest BCUT2D eigenvalue weighted by Gasteiger charge is 2.26. The van der Waals surface area contributed by atoms with Gasteiger partial charge in [0.1, 0.15) is 0 Å². The first kappa shape index (κ1) is 13.0. The van der Waals surface area contributed by atoms with Gasteiger partial charge in [-0.25, -0.2) is 0 Å². The maximum atomic E-state index is 3.57. The van der Waals surface area contributed by atoms with Crippen molar-refractivity contribution in [3.05, 3.63) is 0 Å². The van der Waals surface area contributed by atoms with Crippen molar-refractivity contribution in [3.63, 3.8) is 0 Å². The van der Waals surface area contributed by atoms with Crippen LogP contribution in [0.1, 0.15) is 47.0 Å². The van der Waals surface area contributed by atoms with E-state index in [1.807, 2.05) is 0 Å². The minimum Gasteiger partial charge on any atom is -0.313 e. The molecule has 1 rings (SSSR count). The lowest BCUT2D eigenvalue weighted by atomic mass is 9.84. The van der Waals surface area contributed by atoms with Crippen LogP contribution in [-0.2, 0) is 0 Å². The molecular formula is C13H28N2. The van der Waals surface area contributed by atoms with E-state index in [0.717, 1.165) is 6.54 Å². The average molecular weight is 212 g/mol. The maximum Gasteiger partial charge on any atom is 0.0166 e. The topological polar surface area (TPSA) is 15.3 Å². The Labute approximate surface area is 95.4 Å². The zero-order valence-electron chi connectivity index (χ0n) is 11.0. The first-order chi connectivity index (χ1) is 7.03.